The summed E-state index contributed by atoms with van der Waals surface area (Å²) in [5.74, 6) is 0.338. The third kappa shape index (κ3) is 12.7. The van der Waals surface area contributed by atoms with Crippen molar-refractivity contribution in [3.05, 3.63) is 107 Å². The molecular formula is C42H53N2O18P. The lowest BCUT2D eigenvalue weighted by Gasteiger charge is -2.40. The Labute approximate surface area is 361 Å². The Morgan fingerprint density at radius 2 is 1.00 bits per heavy atom. The second-order valence-corrected chi connectivity index (χ2v) is 15.8. The molecule has 4 aromatic carbocycles. The van der Waals surface area contributed by atoms with Gasteiger partial charge >= 0.3 is 7.82 Å². The van der Waals surface area contributed by atoms with E-state index in [1.165, 1.54) is 0 Å². The average Bonchev–Trinajstić information content (AvgIpc) is 3.26. The van der Waals surface area contributed by atoms with Crippen molar-refractivity contribution >= 4 is 19.6 Å². The quantitative estimate of drug-likeness (QED) is 0.0813. The maximum Gasteiger partial charge on any atom is 0.469 e. The van der Waals surface area contributed by atoms with Gasteiger partial charge in [0, 0.05) is 25.2 Å². The summed E-state index contributed by atoms with van der Waals surface area (Å²) in [5.41, 5.74) is 5.77. The van der Waals surface area contributed by atoms with Gasteiger partial charge < -0.3 is 80.6 Å². The van der Waals surface area contributed by atoms with Gasteiger partial charge in [-0.2, -0.15) is 0 Å². The number of nitrogens with one attached hydrogen (secondary N) is 2. The van der Waals surface area contributed by atoms with Crippen LogP contribution in [0.4, 0.5) is 0 Å². The number of aliphatic hydroxyl groups excluding tert-OH is 7. The van der Waals surface area contributed by atoms with Crippen molar-refractivity contribution in [1.29, 1.82) is 0 Å². The van der Waals surface area contributed by atoms with Gasteiger partial charge in [0.2, 0.25) is 12.6 Å². The number of amides is 2. The molecule has 2 heterocycles. The van der Waals surface area contributed by atoms with E-state index >= 15 is 0 Å². The minimum atomic E-state index is -4.84. The lowest BCUT2D eigenvalue weighted by molar-refractivity contribution is -0.277. The van der Waals surface area contributed by atoms with E-state index in [9.17, 15) is 49.9 Å². The van der Waals surface area contributed by atoms with E-state index in [1.807, 2.05) is 25.1 Å². The molecule has 63 heavy (non-hydrogen) atoms. The number of phosphoric ester groups is 1. The first kappa shape index (κ1) is 50.8. The first-order chi connectivity index (χ1) is 29.3. The molecule has 6 rings (SSSR count). The van der Waals surface area contributed by atoms with Crippen LogP contribution in [0.3, 0.4) is 0 Å². The van der Waals surface area contributed by atoms with Crippen molar-refractivity contribution in [1.82, 2.24) is 10.6 Å². The van der Waals surface area contributed by atoms with Gasteiger partial charge in [0.1, 0.15) is 60.3 Å². The van der Waals surface area contributed by atoms with Crippen molar-refractivity contribution in [2.45, 2.75) is 75.3 Å². The predicted molar refractivity (Wildman–Crippen MR) is 223 cm³/mol. The Hall–Kier alpha value is -4.87. The topological polar surface area (TPSA) is 335 Å². The van der Waals surface area contributed by atoms with Crippen molar-refractivity contribution in [3.8, 4) is 33.8 Å². The molecular weight excluding hydrogens is 851 g/mol. The van der Waals surface area contributed by atoms with Crippen molar-refractivity contribution in [2.75, 3.05) is 27.3 Å². The Morgan fingerprint density at radius 3 is 1.38 bits per heavy atom. The van der Waals surface area contributed by atoms with Crippen LogP contribution in [0.15, 0.2) is 84.9 Å². The summed E-state index contributed by atoms with van der Waals surface area (Å²) < 4.78 is 37.5. The Balaban J connectivity index is 0.000000274. The van der Waals surface area contributed by atoms with Gasteiger partial charge in [0.15, 0.2) is 0 Å². The minimum Gasteiger partial charge on any atom is -0.462 e. The van der Waals surface area contributed by atoms with E-state index in [2.05, 4.69) is 15.2 Å². The summed E-state index contributed by atoms with van der Waals surface area (Å²) in [6, 6.07) is 24.8. The zero-order valence-corrected chi connectivity index (χ0v) is 35.4. The molecule has 2 aliphatic heterocycles. The zero-order valence-electron chi connectivity index (χ0n) is 34.5. The predicted octanol–water partition coefficient (Wildman–Crippen LogP) is -0.307. The van der Waals surface area contributed by atoms with Crippen LogP contribution in [0.5, 0.6) is 11.5 Å². The number of aryl methyl sites for hydroxylation is 2. The molecule has 2 amide bonds. The summed E-state index contributed by atoms with van der Waals surface area (Å²) in [6.07, 6.45) is -14.5. The molecule has 344 valence electrons. The molecule has 0 saturated carbocycles. The van der Waals surface area contributed by atoms with Gasteiger partial charge in [-0.25, -0.2) is 4.57 Å². The second-order valence-electron chi connectivity index (χ2n) is 14.5. The summed E-state index contributed by atoms with van der Waals surface area (Å²) in [4.78, 5) is 41.5. The van der Waals surface area contributed by atoms with E-state index in [1.54, 1.807) is 87.7 Å². The van der Waals surface area contributed by atoms with Crippen LogP contribution in [0.25, 0.3) is 22.3 Å². The van der Waals surface area contributed by atoms with E-state index in [0.29, 0.717) is 28.2 Å². The molecule has 10 unspecified atom stereocenters. The van der Waals surface area contributed by atoms with Crippen LogP contribution in [0, 0.1) is 13.8 Å². The molecule has 0 spiro atoms. The van der Waals surface area contributed by atoms with Crippen LogP contribution in [0.1, 0.15) is 31.8 Å². The van der Waals surface area contributed by atoms with Crippen LogP contribution < -0.4 is 20.1 Å². The van der Waals surface area contributed by atoms with Crippen molar-refractivity contribution in [3.63, 3.8) is 0 Å². The molecule has 10 atom stereocenters. The highest BCUT2D eigenvalue weighted by Crippen LogP contribution is 2.38. The largest absolute Gasteiger partial charge is 0.469 e. The number of ether oxygens (including phenoxy) is 4. The third-order valence-corrected chi connectivity index (χ3v) is 10.6. The average molecular weight is 905 g/mol. The van der Waals surface area contributed by atoms with E-state index < -0.39 is 82.4 Å². The van der Waals surface area contributed by atoms with Gasteiger partial charge in [-0.15, -0.1) is 0 Å². The van der Waals surface area contributed by atoms with Crippen molar-refractivity contribution in [2.24, 2.45) is 0 Å². The molecule has 2 fully saturated rings. The normalized spacial score (nSPS) is 25.7. The fourth-order valence-corrected chi connectivity index (χ4v) is 6.97. The molecule has 2 aliphatic rings. The van der Waals surface area contributed by atoms with Crippen LogP contribution in [0.2, 0.25) is 0 Å². The Morgan fingerprint density at radius 1 is 0.603 bits per heavy atom. The lowest BCUT2D eigenvalue weighted by Crippen LogP contribution is -2.60. The summed E-state index contributed by atoms with van der Waals surface area (Å²) >= 11 is 0. The SMILES string of the molecule is CNC(=O)c1cccc(-c2ccc(OC3OC(CO)C(O)C(O)C3O)c(C)c2)c1.CNC(=O)c1cccc(-c2ccc(OC3OC(COP(=O)(O)O)C(O)C(O)C3O)c(C)c2)c1.O. The monoisotopic (exact) mass is 904 g/mol. The lowest BCUT2D eigenvalue weighted by atomic mass is 9.99. The van der Waals surface area contributed by atoms with Crippen LogP contribution >= 0.6 is 7.82 Å². The minimum absolute atomic E-state index is 0. The Bertz CT molecular complexity index is 2220. The number of carbonyl (C=O) groups is 2. The summed E-state index contributed by atoms with van der Waals surface area (Å²) in [5, 5.41) is 74.7. The number of benzene rings is 4. The number of hydrogen-bond acceptors (Lipinski definition) is 15. The first-order valence-corrected chi connectivity index (χ1v) is 20.8. The standard InChI is InChI=1S/C21H26NO10P.C21H25NO7.H2O/c1-11-8-13(12-4-3-5-14(9-12)20(26)22-2)6-7-15(11)31-21-19(25)18(24)17(23)16(32-21)10-30-33(27,28)29;1-11-8-13(12-4-3-5-14(9-12)20(27)22-2)6-7-15(11)28-21-19(26)18(25)17(24)16(10-23)29-21;/h3-9,16-19,21,23-25H,10H2,1-2H3,(H,22,26)(H2,27,28,29);3-9,16-19,21,23-26H,10H2,1-2H3,(H,22,27);1H2. The highest BCUT2D eigenvalue weighted by molar-refractivity contribution is 7.46. The fourth-order valence-electron chi connectivity index (χ4n) is 6.63. The van der Waals surface area contributed by atoms with Gasteiger partial charge in [-0.3, -0.25) is 14.1 Å². The van der Waals surface area contributed by atoms with Crippen LogP contribution in [-0.4, -0.2) is 152 Å². The molecule has 0 radical (unpaired) electrons. The number of rotatable bonds is 12. The maximum atomic E-state index is 11.9. The Kier molecular flexibility index (Phi) is 17.9. The highest BCUT2D eigenvalue weighted by atomic mass is 31.2. The summed E-state index contributed by atoms with van der Waals surface area (Å²) in [6.45, 7) is 2.31. The number of carbonyl (C=O) groups excluding carboxylic acids is 2. The van der Waals surface area contributed by atoms with Crippen LogP contribution in [-0.2, 0) is 18.6 Å². The molecule has 20 nitrogen and oxygen atoms in total. The molecule has 0 aromatic heterocycles. The molecule has 2 saturated heterocycles. The smallest absolute Gasteiger partial charge is 0.462 e. The fraction of sp³-hybridized carbons (Fsp3) is 0.381. The van der Waals surface area contributed by atoms with Gasteiger partial charge in [-0.05, 0) is 95.8 Å². The zero-order chi connectivity index (χ0) is 45.5. The van der Waals surface area contributed by atoms with Gasteiger partial charge in [0.05, 0.1) is 13.2 Å². The molecule has 4 aromatic rings. The number of aliphatic hydroxyl groups is 7. The number of hydrogen-bond donors (Lipinski definition) is 11. The molecule has 21 heteroatoms. The van der Waals surface area contributed by atoms with Gasteiger partial charge in [-0.1, -0.05) is 36.4 Å². The van der Waals surface area contributed by atoms with Crippen molar-refractivity contribution < 1.29 is 88.6 Å². The van der Waals surface area contributed by atoms with Gasteiger partial charge in [0.25, 0.3) is 11.8 Å². The van der Waals surface area contributed by atoms with E-state index in [4.69, 9.17) is 28.7 Å². The number of phosphoric acid groups is 1. The highest BCUT2D eigenvalue weighted by Gasteiger charge is 2.46. The summed E-state index contributed by atoms with van der Waals surface area (Å²) in [7, 11) is -1.71. The maximum absolute atomic E-state index is 11.9. The second kappa shape index (κ2) is 22.2. The third-order valence-electron chi connectivity index (χ3n) is 10.1. The molecule has 0 bridgehead atoms. The molecule has 13 N–H and O–H groups in total. The molecule has 0 aliphatic carbocycles. The van der Waals surface area contributed by atoms with E-state index in [0.717, 1.165) is 27.8 Å². The van der Waals surface area contributed by atoms with E-state index in [-0.39, 0.29) is 17.3 Å². The first-order valence-electron chi connectivity index (χ1n) is 19.3.